The number of benzene rings is 1. The first-order valence-corrected chi connectivity index (χ1v) is 7.42. The van der Waals surface area contributed by atoms with Crippen LogP contribution in [-0.2, 0) is 10.0 Å². The lowest BCUT2D eigenvalue weighted by atomic mass is 10.2. The second-order valence-corrected chi connectivity index (χ2v) is 5.76. The number of rotatable bonds is 8. The van der Waals surface area contributed by atoms with Gasteiger partial charge in [-0.2, -0.15) is 4.39 Å². The summed E-state index contributed by atoms with van der Waals surface area (Å²) in [4.78, 5) is 9.00. The molecule has 1 rings (SSSR count). The Labute approximate surface area is 115 Å². The molecular formula is C11H15FN2O5S. The van der Waals surface area contributed by atoms with Crippen molar-refractivity contribution in [3.8, 4) is 0 Å². The average molecular weight is 306 g/mol. The molecule has 112 valence electrons. The van der Waals surface area contributed by atoms with E-state index in [9.17, 15) is 22.9 Å². The van der Waals surface area contributed by atoms with Gasteiger partial charge < -0.3 is 5.11 Å². The van der Waals surface area contributed by atoms with Gasteiger partial charge in [0.15, 0.2) is 4.90 Å². The van der Waals surface area contributed by atoms with Gasteiger partial charge in [-0.05, 0) is 31.4 Å². The first kappa shape index (κ1) is 16.5. The Hall–Kier alpha value is -1.58. The van der Waals surface area contributed by atoms with Crippen LogP contribution in [0.2, 0.25) is 0 Å². The molecule has 1 aromatic rings. The SMILES string of the molecule is O=[N+]([O-])c1c(F)cccc1S(=O)(=O)NCCCCCO. The summed E-state index contributed by atoms with van der Waals surface area (Å²) in [5, 5.41) is 19.3. The van der Waals surface area contributed by atoms with Gasteiger partial charge in [0, 0.05) is 13.2 Å². The summed E-state index contributed by atoms with van der Waals surface area (Å²) >= 11 is 0. The van der Waals surface area contributed by atoms with E-state index in [-0.39, 0.29) is 13.2 Å². The van der Waals surface area contributed by atoms with Gasteiger partial charge in [-0.15, -0.1) is 0 Å². The van der Waals surface area contributed by atoms with Crippen molar-refractivity contribution in [1.29, 1.82) is 0 Å². The van der Waals surface area contributed by atoms with Gasteiger partial charge in [0.25, 0.3) is 0 Å². The van der Waals surface area contributed by atoms with Crippen LogP contribution in [0.4, 0.5) is 10.1 Å². The van der Waals surface area contributed by atoms with E-state index in [1.54, 1.807) is 0 Å². The molecule has 0 bridgehead atoms. The van der Waals surface area contributed by atoms with Crippen LogP contribution in [0.3, 0.4) is 0 Å². The first-order valence-electron chi connectivity index (χ1n) is 5.93. The van der Waals surface area contributed by atoms with Crippen molar-refractivity contribution >= 4 is 15.7 Å². The molecule has 0 heterocycles. The lowest BCUT2D eigenvalue weighted by molar-refractivity contribution is -0.390. The van der Waals surface area contributed by atoms with Crippen molar-refractivity contribution in [3.05, 3.63) is 34.1 Å². The zero-order chi connectivity index (χ0) is 15.2. The summed E-state index contributed by atoms with van der Waals surface area (Å²) in [6.45, 7) is 0.0815. The second kappa shape index (κ2) is 7.27. The molecule has 1 aromatic carbocycles. The van der Waals surface area contributed by atoms with E-state index in [0.717, 1.165) is 18.2 Å². The maximum absolute atomic E-state index is 13.4. The Morgan fingerprint density at radius 1 is 1.30 bits per heavy atom. The average Bonchev–Trinajstić information content (AvgIpc) is 2.37. The van der Waals surface area contributed by atoms with E-state index in [1.807, 2.05) is 0 Å². The topological polar surface area (TPSA) is 110 Å². The standard InChI is InChI=1S/C11H15FN2O5S/c12-9-5-4-6-10(11(9)14(16)17)20(18,19)13-7-2-1-3-8-15/h4-6,13,15H,1-3,7-8H2. The van der Waals surface area contributed by atoms with Gasteiger partial charge in [-0.3, -0.25) is 10.1 Å². The van der Waals surface area contributed by atoms with Gasteiger partial charge in [0.1, 0.15) is 0 Å². The number of nitro benzene ring substituents is 1. The lowest BCUT2D eigenvalue weighted by Crippen LogP contribution is -2.25. The molecule has 0 saturated heterocycles. The molecule has 0 saturated carbocycles. The maximum Gasteiger partial charge on any atom is 0.324 e. The van der Waals surface area contributed by atoms with Crippen molar-refractivity contribution in [2.45, 2.75) is 24.2 Å². The number of hydrogen-bond acceptors (Lipinski definition) is 5. The van der Waals surface area contributed by atoms with Crippen LogP contribution in [-0.4, -0.2) is 31.6 Å². The molecule has 0 aliphatic rings. The van der Waals surface area contributed by atoms with E-state index >= 15 is 0 Å². The highest BCUT2D eigenvalue weighted by Crippen LogP contribution is 2.26. The summed E-state index contributed by atoms with van der Waals surface area (Å²) in [5.41, 5.74) is -1.06. The minimum absolute atomic E-state index is 0.0160. The molecule has 0 radical (unpaired) electrons. The highest BCUT2D eigenvalue weighted by Gasteiger charge is 2.28. The van der Waals surface area contributed by atoms with E-state index in [0.29, 0.717) is 19.3 Å². The monoisotopic (exact) mass is 306 g/mol. The van der Waals surface area contributed by atoms with E-state index in [1.165, 1.54) is 0 Å². The summed E-state index contributed by atoms with van der Waals surface area (Å²) in [5.74, 6) is -1.20. The molecule has 7 nitrogen and oxygen atoms in total. The van der Waals surface area contributed by atoms with Crippen molar-refractivity contribution in [2.75, 3.05) is 13.2 Å². The Balaban J connectivity index is 2.88. The summed E-state index contributed by atoms with van der Waals surface area (Å²) in [6, 6.07) is 2.92. The number of unbranched alkanes of at least 4 members (excludes halogenated alkanes) is 2. The van der Waals surface area contributed by atoms with Gasteiger partial charge in [0.05, 0.1) is 4.92 Å². The fraction of sp³-hybridized carbons (Fsp3) is 0.455. The fourth-order valence-electron chi connectivity index (χ4n) is 1.59. The number of aliphatic hydroxyl groups is 1. The summed E-state index contributed by atoms with van der Waals surface area (Å²) in [7, 11) is -4.14. The number of sulfonamides is 1. The molecule has 9 heteroatoms. The van der Waals surface area contributed by atoms with Crippen LogP contribution in [0.25, 0.3) is 0 Å². The molecule has 0 fully saturated rings. The van der Waals surface area contributed by atoms with Gasteiger partial charge in [-0.25, -0.2) is 13.1 Å². The van der Waals surface area contributed by atoms with Crippen LogP contribution < -0.4 is 4.72 Å². The Bertz CT molecular complexity index is 576. The second-order valence-electron chi connectivity index (χ2n) is 4.03. The minimum atomic E-state index is -4.14. The summed E-state index contributed by atoms with van der Waals surface area (Å²) < 4.78 is 39.4. The predicted molar refractivity (Wildman–Crippen MR) is 69.2 cm³/mol. The molecule has 0 aliphatic heterocycles. The number of nitro groups is 1. The molecule has 0 aliphatic carbocycles. The third kappa shape index (κ3) is 4.22. The summed E-state index contributed by atoms with van der Waals surface area (Å²) in [6.07, 6.45) is 1.63. The van der Waals surface area contributed by atoms with Crippen molar-refractivity contribution in [3.63, 3.8) is 0 Å². The molecule has 0 unspecified atom stereocenters. The normalized spacial score (nSPS) is 11.5. The van der Waals surface area contributed by atoms with Crippen molar-refractivity contribution < 1.29 is 22.8 Å². The zero-order valence-corrected chi connectivity index (χ0v) is 11.4. The predicted octanol–water partition coefficient (Wildman–Crippen LogP) is 1.17. The van der Waals surface area contributed by atoms with E-state index in [4.69, 9.17) is 5.11 Å². The highest BCUT2D eigenvalue weighted by atomic mass is 32.2. The Kier molecular flexibility index (Phi) is 5.99. The van der Waals surface area contributed by atoms with Crippen LogP contribution in [0.5, 0.6) is 0 Å². The number of halogens is 1. The highest BCUT2D eigenvalue weighted by molar-refractivity contribution is 7.89. The molecule has 2 N–H and O–H groups in total. The smallest absolute Gasteiger partial charge is 0.324 e. The van der Waals surface area contributed by atoms with Gasteiger partial charge >= 0.3 is 5.69 Å². The van der Waals surface area contributed by atoms with Crippen LogP contribution in [0.15, 0.2) is 23.1 Å². The fourth-order valence-corrected chi connectivity index (χ4v) is 2.84. The number of para-hydroxylation sites is 1. The third-order valence-electron chi connectivity index (χ3n) is 2.55. The van der Waals surface area contributed by atoms with Crippen LogP contribution in [0.1, 0.15) is 19.3 Å². The zero-order valence-electron chi connectivity index (χ0n) is 10.6. The minimum Gasteiger partial charge on any atom is -0.396 e. The van der Waals surface area contributed by atoms with Gasteiger partial charge in [0.2, 0.25) is 15.8 Å². The molecule has 0 amide bonds. The largest absolute Gasteiger partial charge is 0.396 e. The molecular weight excluding hydrogens is 291 g/mol. The number of hydrogen-bond donors (Lipinski definition) is 2. The maximum atomic E-state index is 13.4. The van der Waals surface area contributed by atoms with E-state index < -0.39 is 31.3 Å². The van der Waals surface area contributed by atoms with Crippen molar-refractivity contribution in [1.82, 2.24) is 4.72 Å². The van der Waals surface area contributed by atoms with Crippen LogP contribution >= 0.6 is 0 Å². The quantitative estimate of drug-likeness (QED) is 0.426. The third-order valence-corrected chi connectivity index (χ3v) is 4.04. The molecule has 20 heavy (non-hydrogen) atoms. The van der Waals surface area contributed by atoms with Gasteiger partial charge in [-0.1, -0.05) is 6.07 Å². The molecule has 0 aromatic heterocycles. The molecule has 0 atom stereocenters. The number of nitrogens with one attached hydrogen (secondary N) is 1. The van der Waals surface area contributed by atoms with Crippen molar-refractivity contribution in [2.24, 2.45) is 0 Å². The van der Waals surface area contributed by atoms with Crippen LogP contribution in [0, 0.1) is 15.9 Å². The lowest BCUT2D eigenvalue weighted by Gasteiger charge is -2.07. The first-order chi connectivity index (χ1) is 9.40. The molecule has 0 spiro atoms. The Morgan fingerprint density at radius 2 is 2.00 bits per heavy atom. The number of aliphatic hydroxyl groups excluding tert-OH is 1. The van der Waals surface area contributed by atoms with E-state index in [2.05, 4.69) is 4.72 Å². The number of nitrogens with zero attached hydrogens (tertiary/aromatic N) is 1. The Morgan fingerprint density at radius 3 is 2.60 bits per heavy atom.